The van der Waals surface area contributed by atoms with Gasteiger partial charge < -0.3 is 15.0 Å². The van der Waals surface area contributed by atoms with Crippen molar-refractivity contribution < 1.29 is 9.53 Å². The molecule has 4 heteroatoms. The highest BCUT2D eigenvalue weighted by Gasteiger charge is 2.36. The topological polar surface area (TPSA) is 41.6 Å². The van der Waals surface area contributed by atoms with Crippen LogP contribution in [0.25, 0.3) is 0 Å². The molecule has 1 fully saturated rings. The average molecular weight is 336 g/mol. The summed E-state index contributed by atoms with van der Waals surface area (Å²) in [7, 11) is 1.69. The van der Waals surface area contributed by atoms with Crippen LogP contribution in [0.2, 0.25) is 0 Å². The van der Waals surface area contributed by atoms with E-state index in [1.54, 1.807) is 7.11 Å². The van der Waals surface area contributed by atoms with E-state index in [2.05, 4.69) is 40.5 Å². The van der Waals surface area contributed by atoms with Crippen molar-refractivity contribution in [3.8, 4) is 5.75 Å². The van der Waals surface area contributed by atoms with Crippen LogP contribution in [0.1, 0.15) is 23.1 Å². The maximum Gasteiger partial charge on any atom is 0.224 e. The number of methoxy groups -OCH3 is 1. The maximum absolute atomic E-state index is 12.5. The van der Waals surface area contributed by atoms with Gasteiger partial charge in [0.25, 0.3) is 0 Å². The third-order valence-corrected chi connectivity index (χ3v) is 5.40. The lowest BCUT2D eigenvalue weighted by molar-refractivity contribution is -0.129. The van der Waals surface area contributed by atoms with E-state index in [1.807, 2.05) is 18.2 Å². The number of carbonyl (C=O) groups is 1. The zero-order chi connectivity index (χ0) is 17.2. The predicted molar refractivity (Wildman–Crippen MR) is 97.6 cm³/mol. The van der Waals surface area contributed by atoms with E-state index in [0.717, 1.165) is 37.2 Å². The van der Waals surface area contributed by atoms with Crippen molar-refractivity contribution in [3.63, 3.8) is 0 Å². The second kappa shape index (κ2) is 6.89. The Morgan fingerprint density at radius 1 is 1.04 bits per heavy atom. The standard InChI is InChI=1S/C21H24N2O2/c1-25-20-9-5-4-8-17(20)13-22-18-12-21(24)23(14-18)19-10-15-6-2-3-7-16(15)11-19/h2-9,18-19,22H,10-14H2,1H3/t18-/m1/s1. The molecule has 0 radical (unpaired) electrons. The van der Waals surface area contributed by atoms with Gasteiger partial charge in [0.05, 0.1) is 7.11 Å². The fraction of sp³-hybridized carbons (Fsp3) is 0.381. The second-order valence-corrected chi connectivity index (χ2v) is 6.97. The number of fused-ring (bicyclic) bond motifs is 1. The van der Waals surface area contributed by atoms with Gasteiger partial charge in [0, 0.05) is 37.2 Å². The molecule has 2 aromatic rings. The zero-order valence-corrected chi connectivity index (χ0v) is 14.6. The van der Waals surface area contributed by atoms with Crippen LogP contribution >= 0.6 is 0 Å². The molecule has 1 heterocycles. The molecule has 0 aromatic heterocycles. The first kappa shape index (κ1) is 16.2. The van der Waals surface area contributed by atoms with Gasteiger partial charge in [0.15, 0.2) is 0 Å². The number of nitrogens with zero attached hydrogens (tertiary/aromatic N) is 1. The van der Waals surface area contributed by atoms with E-state index >= 15 is 0 Å². The molecule has 1 amide bonds. The maximum atomic E-state index is 12.5. The van der Waals surface area contributed by atoms with Crippen LogP contribution in [-0.4, -0.2) is 36.5 Å². The molecule has 1 aliphatic heterocycles. The molecule has 2 aromatic carbocycles. The van der Waals surface area contributed by atoms with Gasteiger partial charge in [0.1, 0.15) is 5.75 Å². The first-order chi connectivity index (χ1) is 12.2. The van der Waals surface area contributed by atoms with Crippen LogP contribution in [-0.2, 0) is 24.2 Å². The monoisotopic (exact) mass is 336 g/mol. The molecule has 1 N–H and O–H groups in total. The summed E-state index contributed by atoms with van der Waals surface area (Å²) in [6, 6.07) is 17.1. The van der Waals surface area contributed by atoms with Crippen LogP contribution in [0, 0.1) is 0 Å². The molecule has 0 bridgehead atoms. The van der Waals surface area contributed by atoms with Crippen molar-refractivity contribution in [2.75, 3.05) is 13.7 Å². The van der Waals surface area contributed by atoms with Gasteiger partial charge in [-0.1, -0.05) is 42.5 Å². The van der Waals surface area contributed by atoms with Crippen LogP contribution < -0.4 is 10.1 Å². The number of hydrogen-bond donors (Lipinski definition) is 1. The number of benzene rings is 2. The lowest BCUT2D eigenvalue weighted by Gasteiger charge is -2.24. The number of ether oxygens (including phenoxy) is 1. The summed E-state index contributed by atoms with van der Waals surface area (Å²) in [4.78, 5) is 14.6. The van der Waals surface area contributed by atoms with Crippen molar-refractivity contribution in [2.24, 2.45) is 0 Å². The van der Waals surface area contributed by atoms with E-state index in [1.165, 1.54) is 11.1 Å². The summed E-state index contributed by atoms with van der Waals surface area (Å²) < 4.78 is 5.40. The number of hydrogen-bond acceptors (Lipinski definition) is 3. The number of carbonyl (C=O) groups excluding carboxylic acids is 1. The Kier molecular flexibility index (Phi) is 4.45. The van der Waals surface area contributed by atoms with Crippen molar-refractivity contribution in [1.82, 2.24) is 10.2 Å². The first-order valence-electron chi connectivity index (χ1n) is 8.96. The molecule has 4 rings (SSSR count). The van der Waals surface area contributed by atoms with Gasteiger partial charge in [-0.25, -0.2) is 0 Å². The highest BCUT2D eigenvalue weighted by atomic mass is 16.5. The van der Waals surface area contributed by atoms with Crippen LogP contribution in [0.4, 0.5) is 0 Å². The molecule has 25 heavy (non-hydrogen) atoms. The Labute approximate surface area is 148 Å². The SMILES string of the molecule is COc1ccccc1CN[C@@H]1CC(=O)N(C2Cc3ccccc3C2)C1. The quantitative estimate of drug-likeness (QED) is 0.912. The Bertz CT molecular complexity index is 749. The van der Waals surface area contributed by atoms with Crippen molar-refractivity contribution in [1.29, 1.82) is 0 Å². The number of nitrogens with one attached hydrogen (secondary N) is 1. The molecule has 130 valence electrons. The smallest absolute Gasteiger partial charge is 0.224 e. The van der Waals surface area contributed by atoms with E-state index in [4.69, 9.17) is 4.74 Å². The highest BCUT2D eigenvalue weighted by Crippen LogP contribution is 2.28. The Hall–Kier alpha value is -2.33. The van der Waals surface area contributed by atoms with Crippen molar-refractivity contribution in [3.05, 3.63) is 65.2 Å². The Morgan fingerprint density at radius 3 is 2.44 bits per heavy atom. The summed E-state index contributed by atoms with van der Waals surface area (Å²) >= 11 is 0. The van der Waals surface area contributed by atoms with Crippen LogP contribution in [0.15, 0.2) is 48.5 Å². The van der Waals surface area contributed by atoms with Gasteiger partial charge in [-0.2, -0.15) is 0 Å². The van der Waals surface area contributed by atoms with Gasteiger partial charge in [0.2, 0.25) is 5.91 Å². The molecular weight excluding hydrogens is 312 g/mol. The fourth-order valence-electron chi connectivity index (χ4n) is 4.08. The zero-order valence-electron chi connectivity index (χ0n) is 14.6. The molecule has 2 aliphatic rings. The van der Waals surface area contributed by atoms with Crippen LogP contribution in [0.5, 0.6) is 5.75 Å². The van der Waals surface area contributed by atoms with Gasteiger partial charge in [-0.15, -0.1) is 0 Å². The predicted octanol–water partition coefficient (Wildman–Crippen LogP) is 2.55. The summed E-state index contributed by atoms with van der Waals surface area (Å²) in [5, 5.41) is 3.54. The van der Waals surface area contributed by atoms with Crippen molar-refractivity contribution in [2.45, 2.75) is 37.9 Å². The number of rotatable bonds is 5. The summed E-state index contributed by atoms with van der Waals surface area (Å²) in [5.74, 6) is 1.16. The largest absolute Gasteiger partial charge is 0.496 e. The van der Waals surface area contributed by atoms with Crippen molar-refractivity contribution >= 4 is 5.91 Å². The lowest BCUT2D eigenvalue weighted by atomic mass is 10.1. The lowest BCUT2D eigenvalue weighted by Crippen LogP contribution is -2.39. The molecule has 1 saturated heterocycles. The van der Waals surface area contributed by atoms with E-state index in [-0.39, 0.29) is 11.9 Å². The highest BCUT2D eigenvalue weighted by molar-refractivity contribution is 5.80. The third kappa shape index (κ3) is 3.27. The number of para-hydroxylation sites is 1. The van der Waals surface area contributed by atoms with E-state index < -0.39 is 0 Å². The minimum absolute atomic E-state index is 0.209. The summed E-state index contributed by atoms with van der Waals surface area (Å²) in [6.07, 6.45) is 2.56. The summed E-state index contributed by atoms with van der Waals surface area (Å²) in [5.41, 5.74) is 3.92. The molecule has 0 spiro atoms. The summed E-state index contributed by atoms with van der Waals surface area (Å²) in [6.45, 7) is 1.52. The normalized spacial score (nSPS) is 20.1. The second-order valence-electron chi connectivity index (χ2n) is 6.97. The van der Waals surface area contributed by atoms with Gasteiger partial charge >= 0.3 is 0 Å². The first-order valence-corrected chi connectivity index (χ1v) is 8.96. The molecule has 1 atom stereocenters. The molecule has 0 saturated carbocycles. The Morgan fingerprint density at radius 2 is 1.72 bits per heavy atom. The fourth-order valence-corrected chi connectivity index (χ4v) is 4.08. The average Bonchev–Trinajstić information content (AvgIpc) is 3.23. The minimum Gasteiger partial charge on any atom is -0.496 e. The third-order valence-electron chi connectivity index (χ3n) is 5.40. The van der Waals surface area contributed by atoms with Crippen LogP contribution in [0.3, 0.4) is 0 Å². The Balaban J connectivity index is 1.37. The minimum atomic E-state index is 0.209. The molecule has 1 aliphatic carbocycles. The molecule has 0 unspecified atom stereocenters. The van der Waals surface area contributed by atoms with Gasteiger partial charge in [-0.3, -0.25) is 4.79 Å². The number of likely N-dealkylation sites (tertiary alicyclic amines) is 1. The van der Waals surface area contributed by atoms with Gasteiger partial charge in [-0.05, 0) is 30.0 Å². The number of amides is 1. The molecular formula is C21H24N2O2. The molecule has 4 nitrogen and oxygen atoms in total. The van der Waals surface area contributed by atoms with E-state index in [9.17, 15) is 4.79 Å². The van der Waals surface area contributed by atoms with E-state index in [0.29, 0.717) is 12.5 Å².